The van der Waals surface area contributed by atoms with Crippen LogP contribution >= 0.6 is 0 Å². The highest BCUT2D eigenvalue weighted by atomic mass is 32.2. The third-order valence-electron chi connectivity index (χ3n) is 6.36. The summed E-state index contributed by atoms with van der Waals surface area (Å²) in [5, 5.41) is -1.00. The first-order valence-corrected chi connectivity index (χ1v) is 15.3. The van der Waals surface area contributed by atoms with Crippen LogP contribution in [0.1, 0.15) is 42.4 Å². The molecule has 0 unspecified atom stereocenters. The molecule has 226 valence electrons. The molecule has 0 saturated carbocycles. The molecule has 0 saturated heterocycles. The van der Waals surface area contributed by atoms with Crippen molar-refractivity contribution >= 4 is 21.7 Å². The Morgan fingerprint density at radius 2 is 1.58 bits per heavy atom. The van der Waals surface area contributed by atoms with Gasteiger partial charge in [0, 0.05) is 24.7 Å². The fourth-order valence-corrected chi connectivity index (χ4v) is 5.78. The molecule has 3 aromatic carbocycles. The molecular weight excluding hydrogens is 568 g/mol. The number of amides is 1. The Balaban J connectivity index is 1.36. The van der Waals surface area contributed by atoms with Crippen molar-refractivity contribution in [2.24, 2.45) is 5.84 Å². The first kappa shape index (κ1) is 31.5. The van der Waals surface area contributed by atoms with E-state index in [0.29, 0.717) is 18.8 Å². The van der Waals surface area contributed by atoms with Crippen LogP contribution in [0, 0.1) is 0 Å². The molecule has 4 rings (SSSR count). The summed E-state index contributed by atoms with van der Waals surface area (Å²) in [4.78, 5) is 30.4. The van der Waals surface area contributed by atoms with Gasteiger partial charge < -0.3 is 14.0 Å². The zero-order chi connectivity index (χ0) is 31.0. The van der Waals surface area contributed by atoms with Crippen LogP contribution in [0.2, 0.25) is 0 Å². The summed E-state index contributed by atoms with van der Waals surface area (Å²) in [7, 11) is -4.21. The molecule has 10 nitrogen and oxygen atoms in total. The van der Waals surface area contributed by atoms with E-state index in [-0.39, 0.29) is 10.5 Å². The third kappa shape index (κ3) is 8.76. The Hall–Kier alpha value is -4.48. The standard InChI is InChI=1S/C32H36N4O6S/c1-32(2,3)42-31(38)29(43(39,40)28-12-8-5-9-13-28)22-36(33)30(37)25-14-16-27(17-15-25)41-19-18-26-21-35(23-34-26)20-24-10-6-4-7-11-24/h4-17,21,23,29H,18-20,22,33H2,1-3H3/t29-/m0/s1. The van der Waals surface area contributed by atoms with Gasteiger partial charge in [0.25, 0.3) is 5.91 Å². The minimum absolute atomic E-state index is 0.0730. The van der Waals surface area contributed by atoms with Gasteiger partial charge in [-0.3, -0.25) is 14.6 Å². The number of ether oxygens (including phenoxy) is 2. The number of benzene rings is 3. The lowest BCUT2D eigenvalue weighted by atomic mass is 10.2. The summed E-state index contributed by atoms with van der Waals surface area (Å²) in [5.74, 6) is 4.92. The van der Waals surface area contributed by atoms with Crippen molar-refractivity contribution in [3.8, 4) is 5.75 Å². The van der Waals surface area contributed by atoms with Gasteiger partial charge in [0.2, 0.25) is 0 Å². The maximum atomic E-state index is 13.4. The highest BCUT2D eigenvalue weighted by Gasteiger charge is 2.39. The van der Waals surface area contributed by atoms with Crippen LogP contribution in [0.4, 0.5) is 0 Å². The number of aromatic nitrogens is 2. The van der Waals surface area contributed by atoms with E-state index in [1.54, 1.807) is 57.4 Å². The van der Waals surface area contributed by atoms with E-state index in [1.165, 1.54) is 29.8 Å². The summed E-state index contributed by atoms with van der Waals surface area (Å²) in [6, 6.07) is 23.9. The first-order valence-electron chi connectivity index (χ1n) is 13.8. The first-order chi connectivity index (χ1) is 20.4. The van der Waals surface area contributed by atoms with Crippen LogP contribution in [-0.4, -0.2) is 58.9 Å². The van der Waals surface area contributed by atoms with Crippen LogP contribution in [0.5, 0.6) is 5.75 Å². The maximum absolute atomic E-state index is 13.4. The molecule has 4 aromatic rings. The van der Waals surface area contributed by atoms with Gasteiger partial charge in [-0.05, 0) is 62.7 Å². The highest BCUT2D eigenvalue weighted by molar-refractivity contribution is 7.92. The van der Waals surface area contributed by atoms with Crippen LogP contribution in [0.3, 0.4) is 0 Å². The predicted molar refractivity (Wildman–Crippen MR) is 162 cm³/mol. The molecule has 0 radical (unpaired) electrons. The van der Waals surface area contributed by atoms with E-state index in [2.05, 4.69) is 17.1 Å². The second kappa shape index (κ2) is 13.7. The van der Waals surface area contributed by atoms with Crippen molar-refractivity contribution in [2.45, 2.75) is 49.5 Å². The van der Waals surface area contributed by atoms with E-state index >= 15 is 0 Å². The van der Waals surface area contributed by atoms with Crippen molar-refractivity contribution < 1.29 is 27.5 Å². The van der Waals surface area contributed by atoms with Gasteiger partial charge in [-0.15, -0.1) is 0 Å². The summed E-state index contributed by atoms with van der Waals surface area (Å²) in [6.07, 6.45) is 4.37. The Bertz CT molecular complexity index is 1620. The smallest absolute Gasteiger partial charge is 0.327 e. The Morgan fingerprint density at radius 3 is 2.21 bits per heavy atom. The number of hydrazine groups is 1. The van der Waals surface area contributed by atoms with Gasteiger partial charge in [-0.1, -0.05) is 48.5 Å². The van der Waals surface area contributed by atoms with Crippen molar-refractivity contribution in [1.82, 2.24) is 14.6 Å². The van der Waals surface area contributed by atoms with Gasteiger partial charge in [0.05, 0.1) is 30.1 Å². The van der Waals surface area contributed by atoms with Crippen molar-refractivity contribution in [3.63, 3.8) is 0 Å². The SMILES string of the molecule is CC(C)(C)OC(=O)[C@H](CN(N)C(=O)c1ccc(OCCc2cn(Cc3ccccc3)cn2)cc1)S(=O)(=O)c1ccccc1. The van der Waals surface area contributed by atoms with Gasteiger partial charge in [0.1, 0.15) is 11.4 Å². The highest BCUT2D eigenvalue weighted by Crippen LogP contribution is 2.21. The number of carbonyl (C=O) groups excluding carboxylic acids is 2. The molecule has 2 N–H and O–H groups in total. The molecule has 0 fully saturated rings. The number of esters is 1. The average Bonchev–Trinajstić information content (AvgIpc) is 3.42. The molecule has 11 heteroatoms. The average molecular weight is 605 g/mol. The number of hydrogen-bond acceptors (Lipinski definition) is 8. The molecule has 1 atom stereocenters. The number of imidazole rings is 1. The number of carbonyl (C=O) groups is 2. The molecule has 0 bridgehead atoms. The monoisotopic (exact) mass is 604 g/mol. The topological polar surface area (TPSA) is 134 Å². The van der Waals surface area contributed by atoms with Crippen LogP contribution in [-0.2, 0) is 32.3 Å². The fourth-order valence-electron chi connectivity index (χ4n) is 4.25. The van der Waals surface area contributed by atoms with Crippen molar-refractivity contribution in [3.05, 3.63) is 114 Å². The number of sulfone groups is 1. The Kier molecular flexibility index (Phi) is 9.99. The lowest BCUT2D eigenvalue weighted by Gasteiger charge is -2.26. The van der Waals surface area contributed by atoms with E-state index in [4.69, 9.17) is 15.3 Å². The molecule has 0 aliphatic heterocycles. The number of rotatable bonds is 12. The molecule has 43 heavy (non-hydrogen) atoms. The van der Waals surface area contributed by atoms with E-state index in [1.807, 2.05) is 29.0 Å². The molecule has 0 aliphatic rings. The molecule has 0 aliphatic carbocycles. The number of hydrogen-bond donors (Lipinski definition) is 1. The lowest BCUT2D eigenvalue weighted by molar-refractivity contribution is -0.154. The lowest BCUT2D eigenvalue weighted by Crippen LogP contribution is -2.49. The quantitative estimate of drug-likeness (QED) is 0.111. The largest absolute Gasteiger partial charge is 0.493 e. The number of nitrogens with zero attached hydrogens (tertiary/aromatic N) is 3. The zero-order valence-electron chi connectivity index (χ0n) is 24.4. The van der Waals surface area contributed by atoms with Gasteiger partial charge in [0.15, 0.2) is 15.1 Å². The van der Waals surface area contributed by atoms with E-state index in [0.717, 1.165) is 17.2 Å². The Morgan fingerprint density at radius 1 is 0.953 bits per heavy atom. The van der Waals surface area contributed by atoms with E-state index in [9.17, 15) is 18.0 Å². The second-order valence-corrected chi connectivity index (χ2v) is 13.1. The molecule has 1 amide bonds. The summed E-state index contributed by atoms with van der Waals surface area (Å²) >= 11 is 0. The predicted octanol–water partition coefficient (Wildman–Crippen LogP) is 4.05. The normalized spacial score (nSPS) is 12.4. The third-order valence-corrected chi connectivity index (χ3v) is 8.38. The van der Waals surface area contributed by atoms with E-state index < -0.39 is 39.1 Å². The maximum Gasteiger partial charge on any atom is 0.327 e. The molecular formula is C32H36N4O6S. The van der Waals surface area contributed by atoms with Gasteiger partial charge in [-0.25, -0.2) is 19.2 Å². The zero-order valence-corrected chi connectivity index (χ0v) is 25.2. The van der Waals surface area contributed by atoms with Gasteiger partial charge in [-0.2, -0.15) is 0 Å². The summed E-state index contributed by atoms with van der Waals surface area (Å²) in [6.45, 7) is 5.41. The second-order valence-electron chi connectivity index (χ2n) is 11.0. The summed E-state index contributed by atoms with van der Waals surface area (Å²) in [5.41, 5.74) is 1.34. The Labute approximate surface area is 252 Å². The molecule has 1 aromatic heterocycles. The minimum Gasteiger partial charge on any atom is -0.493 e. The van der Waals surface area contributed by atoms with Gasteiger partial charge >= 0.3 is 5.97 Å². The number of nitrogens with two attached hydrogens (primary N) is 1. The fraction of sp³-hybridized carbons (Fsp3) is 0.281. The molecule has 1 heterocycles. The summed E-state index contributed by atoms with van der Waals surface area (Å²) < 4.78 is 39.9. The van der Waals surface area contributed by atoms with Crippen molar-refractivity contribution in [2.75, 3.05) is 13.2 Å². The van der Waals surface area contributed by atoms with Crippen LogP contribution < -0.4 is 10.6 Å². The minimum atomic E-state index is -4.21. The van der Waals surface area contributed by atoms with Crippen LogP contribution in [0.25, 0.3) is 0 Å². The van der Waals surface area contributed by atoms with Crippen LogP contribution in [0.15, 0.2) is 102 Å². The molecule has 0 spiro atoms. The van der Waals surface area contributed by atoms with Crippen molar-refractivity contribution in [1.29, 1.82) is 0 Å².